The number of primary amides is 1. The van der Waals surface area contributed by atoms with Crippen LogP contribution in [0.1, 0.15) is 4.88 Å². The molecule has 1 heterocycles. The van der Waals surface area contributed by atoms with Crippen LogP contribution in [0.15, 0.2) is 5.51 Å². The maximum absolute atomic E-state index is 10.6. The summed E-state index contributed by atoms with van der Waals surface area (Å²) in [6.45, 7) is 0. The lowest BCUT2D eigenvalue weighted by atomic mass is 10.2. The molecule has 4 nitrogen and oxygen atoms in total. The summed E-state index contributed by atoms with van der Waals surface area (Å²) in [7, 11) is 0. The van der Waals surface area contributed by atoms with Gasteiger partial charge < -0.3 is 11.5 Å². The van der Waals surface area contributed by atoms with Crippen LogP contribution in [0.2, 0.25) is 5.15 Å². The van der Waals surface area contributed by atoms with Crippen molar-refractivity contribution < 1.29 is 4.79 Å². The van der Waals surface area contributed by atoms with Crippen LogP contribution in [0.4, 0.5) is 0 Å². The first-order valence-electron chi connectivity index (χ1n) is 3.24. The summed E-state index contributed by atoms with van der Waals surface area (Å²) in [6, 6.07) is -0.678. The summed E-state index contributed by atoms with van der Waals surface area (Å²) in [5.41, 5.74) is 12.0. The van der Waals surface area contributed by atoms with Gasteiger partial charge in [-0.15, -0.1) is 11.3 Å². The Balaban J connectivity index is 2.64. The number of carbonyl (C=O) groups excluding carboxylic acids is 1. The second-order valence-corrected chi connectivity index (χ2v) is 3.58. The number of amides is 1. The maximum atomic E-state index is 10.6. The molecular formula is C6H8ClN3OS. The Kier molecular flexibility index (Phi) is 3.02. The van der Waals surface area contributed by atoms with Crippen LogP contribution in [0, 0.1) is 0 Å². The van der Waals surface area contributed by atoms with Gasteiger partial charge in [0.05, 0.1) is 11.6 Å². The van der Waals surface area contributed by atoms with Crippen molar-refractivity contribution in [2.24, 2.45) is 11.5 Å². The smallest absolute Gasteiger partial charge is 0.234 e. The molecule has 66 valence electrons. The average Bonchev–Trinajstić information content (AvgIpc) is 2.36. The molecule has 0 aliphatic heterocycles. The molecule has 4 N–H and O–H groups in total. The largest absolute Gasteiger partial charge is 0.368 e. The van der Waals surface area contributed by atoms with Crippen molar-refractivity contribution in [3.8, 4) is 0 Å². The van der Waals surface area contributed by atoms with E-state index in [4.69, 9.17) is 23.1 Å². The van der Waals surface area contributed by atoms with E-state index in [1.54, 1.807) is 5.51 Å². The third-order valence-corrected chi connectivity index (χ3v) is 2.65. The Labute approximate surface area is 78.5 Å². The average molecular weight is 206 g/mol. The van der Waals surface area contributed by atoms with Crippen molar-refractivity contribution in [3.63, 3.8) is 0 Å². The number of thiazole rings is 1. The number of nitrogens with two attached hydrogens (primary N) is 2. The first kappa shape index (κ1) is 9.44. The van der Waals surface area contributed by atoms with Gasteiger partial charge in [-0.05, 0) is 0 Å². The monoisotopic (exact) mass is 205 g/mol. The van der Waals surface area contributed by atoms with Gasteiger partial charge in [0.2, 0.25) is 5.91 Å². The molecule has 1 aromatic rings. The van der Waals surface area contributed by atoms with E-state index in [9.17, 15) is 4.79 Å². The van der Waals surface area contributed by atoms with E-state index in [1.807, 2.05) is 0 Å². The zero-order valence-electron chi connectivity index (χ0n) is 6.16. The molecule has 1 atom stereocenters. The number of nitrogens with zero attached hydrogens (tertiary/aromatic N) is 1. The van der Waals surface area contributed by atoms with Gasteiger partial charge in [-0.2, -0.15) is 0 Å². The number of rotatable bonds is 3. The van der Waals surface area contributed by atoms with E-state index in [2.05, 4.69) is 4.98 Å². The molecule has 12 heavy (non-hydrogen) atoms. The zero-order chi connectivity index (χ0) is 9.14. The minimum Gasteiger partial charge on any atom is -0.368 e. The molecule has 0 aliphatic rings. The van der Waals surface area contributed by atoms with Crippen LogP contribution < -0.4 is 11.5 Å². The van der Waals surface area contributed by atoms with Crippen LogP contribution in [0.25, 0.3) is 0 Å². The molecule has 0 aromatic carbocycles. The molecule has 0 saturated carbocycles. The summed E-state index contributed by atoms with van der Waals surface area (Å²) in [5, 5.41) is 0.400. The standard InChI is InChI=1S/C6H8ClN3OS/c7-5-4(12-2-10-5)1-3(8)6(9)11/h2-3H,1,8H2,(H2,9,11). The predicted octanol–water partition coefficient (Wildman–Crippen LogP) is 0.152. The second-order valence-electron chi connectivity index (χ2n) is 2.28. The summed E-state index contributed by atoms with van der Waals surface area (Å²) in [4.78, 5) is 15.2. The molecule has 0 saturated heterocycles. The van der Waals surface area contributed by atoms with E-state index in [0.29, 0.717) is 11.6 Å². The van der Waals surface area contributed by atoms with Crippen LogP contribution in [-0.2, 0) is 11.2 Å². The summed E-state index contributed by atoms with van der Waals surface area (Å²) < 4.78 is 0. The molecule has 1 amide bonds. The molecule has 6 heteroatoms. The number of aromatic nitrogens is 1. The normalized spacial score (nSPS) is 12.8. The van der Waals surface area contributed by atoms with Crippen LogP contribution in [-0.4, -0.2) is 16.9 Å². The summed E-state index contributed by atoms with van der Waals surface area (Å²) in [6.07, 6.45) is 0.360. The maximum Gasteiger partial charge on any atom is 0.234 e. The predicted molar refractivity (Wildman–Crippen MR) is 48.0 cm³/mol. The molecule has 0 bridgehead atoms. The molecule has 1 unspecified atom stereocenters. The first-order chi connectivity index (χ1) is 5.61. The van der Waals surface area contributed by atoms with Crippen LogP contribution >= 0.6 is 22.9 Å². The number of carbonyl (C=O) groups is 1. The summed E-state index contributed by atoms with van der Waals surface area (Å²) >= 11 is 7.04. The third-order valence-electron chi connectivity index (χ3n) is 1.36. The highest BCUT2D eigenvalue weighted by atomic mass is 35.5. The van der Waals surface area contributed by atoms with E-state index in [-0.39, 0.29) is 0 Å². The zero-order valence-corrected chi connectivity index (χ0v) is 7.73. The van der Waals surface area contributed by atoms with E-state index < -0.39 is 11.9 Å². The first-order valence-corrected chi connectivity index (χ1v) is 4.49. The van der Waals surface area contributed by atoms with Crippen molar-refractivity contribution >= 4 is 28.8 Å². The molecule has 0 spiro atoms. The Morgan fingerprint density at radius 1 is 1.83 bits per heavy atom. The number of halogens is 1. The van der Waals surface area contributed by atoms with Crippen LogP contribution in [0.5, 0.6) is 0 Å². The molecule has 1 rings (SSSR count). The van der Waals surface area contributed by atoms with Gasteiger partial charge in [0, 0.05) is 11.3 Å². The van der Waals surface area contributed by atoms with Crippen molar-refractivity contribution in [2.45, 2.75) is 12.5 Å². The van der Waals surface area contributed by atoms with Crippen molar-refractivity contribution in [3.05, 3.63) is 15.5 Å². The SMILES string of the molecule is NC(=O)C(N)Cc1scnc1Cl. The number of hydrogen-bond donors (Lipinski definition) is 2. The van der Waals surface area contributed by atoms with E-state index in [1.165, 1.54) is 11.3 Å². The Bertz CT molecular complexity index is 288. The molecule has 0 fully saturated rings. The van der Waals surface area contributed by atoms with Gasteiger partial charge in [-0.25, -0.2) is 4.98 Å². The van der Waals surface area contributed by atoms with Gasteiger partial charge in [0.1, 0.15) is 5.15 Å². The summed E-state index contributed by atoms with van der Waals surface area (Å²) in [5.74, 6) is -0.528. The van der Waals surface area contributed by atoms with Gasteiger partial charge >= 0.3 is 0 Å². The quantitative estimate of drug-likeness (QED) is 0.737. The minimum atomic E-state index is -0.678. The highest BCUT2D eigenvalue weighted by Gasteiger charge is 2.13. The van der Waals surface area contributed by atoms with Crippen LogP contribution in [0.3, 0.4) is 0 Å². The number of hydrogen-bond acceptors (Lipinski definition) is 4. The molecular weight excluding hydrogens is 198 g/mol. The Morgan fingerprint density at radius 3 is 2.92 bits per heavy atom. The fourth-order valence-electron chi connectivity index (χ4n) is 0.690. The van der Waals surface area contributed by atoms with E-state index >= 15 is 0 Å². The van der Waals surface area contributed by atoms with Gasteiger partial charge in [0.25, 0.3) is 0 Å². The minimum absolute atomic E-state index is 0.360. The van der Waals surface area contributed by atoms with Crippen molar-refractivity contribution in [1.82, 2.24) is 4.98 Å². The molecule has 1 aromatic heterocycles. The van der Waals surface area contributed by atoms with Gasteiger partial charge in [-0.3, -0.25) is 4.79 Å². The molecule has 0 radical (unpaired) electrons. The third kappa shape index (κ3) is 2.17. The lowest BCUT2D eigenvalue weighted by molar-refractivity contribution is -0.119. The molecule has 0 aliphatic carbocycles. The fraction of sp³-hybridized carbons (Fsp3) is 0.333. The lowest BCUT2D eigenvalue weighted by Gasteiger charge is -2.03. The lowest BCUT2D eigenvalue weighted by Crippen LogP contribution is -2.37. The van der Waals surface area contributed by atoms with Gasteiger partial charge in [0.15, 0.2) is 0 Å². The fourth-order valence-corrected chi connectivity index (χ4v) is 1.72. The van der Waals surface area contributed by atoms with E-state index in [0.717, 1.165) is 4.88 Å². The highest BCUT2D eigenvalue weighted by Crippen LogP contribution is 2.19. The van der Waals surface area contributed by atoms with Crippen molar-refractivity contribution in [1.29, 1.82) is 0 Å². The Hall–Kier alpha value is -0.650. The van der Waals surface area contributed by atoms with Gasteiger partial charge in [-0.1, -0.05) is 11.6 Å². The highest BCUT2D eigenvalue weighted by molar-refractivity contribution is 7.10. The topological polar surface area (TPSA) is 82.0 Å². The Morgan fingerprint density at radius 2 is 2.50 bits per heavy atom. The second kappa shape index (κ2) is 3.84. The van der Waals surface area contributed by atoms with Crippen molar-refractivity contribution in [2.75, 3.05) is 0 Å².